The number of aromatic nitrogens is 2. The van der Waals surface area contributed by atoms with Crippen molar-refractivity contribution in [2.24, 2.45) is 0 Å². The van der Waals surface area contributed by atoms with Gasteiger partial charge in [-0.1, -0.05) is 36.2 Å². The van der Waals surface area contributed by atoms with Gasteiger partial charge in [0.25, 0.3) is 5.91 Å². The number of methoxy groups -OCH3 is 1. The molecule has 2 heterocycles. The molecular formula is C33H45F3N6O3S. The molecule has 46 heavy (non-hydrogen) atoms. The van der Waals surface area contributed by atoms with E-state index in [0.717, 1.165) is 25.9 Å². The van der Waals surface area contributed by atoms with Gasteiger partial charge in [0.15, 0.2) is 0 Å². The van der Waals surface area contributed by atoms with Crippen molar-refractivity contribution in [1.82, 2.24) is 24.5 Å². The van der Waals surface area contributed by atoms with Crippen LogP contribution in [0.4, 0.5) is 24.8 Å². The van der Waals surface area contributed by atoms with E-state index < -0.39 is 17.6 Å². The average Bonchev–Trinajstić information content (AvgIpc) is 3.52. The number of aryl methyl sites for hydroxylation is 2. The van der Waals surface area contributed by atoms with Crippen LogP contribution in [0.5, 0.6) is 11.6 Å². The third kappa shape index (κ3) is 11.4. The van der Waals surface area contributed by atoms with E-state index in [1.165, 1.54) is 26.4 Å². The van der Waals surface area contributed by atoms with Crippen LogP contribution in [0.2, 0.25) is 0 Å². The summed E-state index contributed by atoms with van der Waals surface area (Å²) >= 11 is 1.71. The first kappa shape index (κ1) is 36.9. The van der Waals surface area contributed by atoms with E-state index in [2.05, 4.69) is 49.8 Å². The molecule has 2 aliphatic rings. The summed E-state index contributed by atoms with van der Waals surface area (Å²) in [5, 5.41) is 5.85. The van der Waals surface area contributed by atoms with Crippen LogP contribution in [0.3, 0.4) is 0 Å². The topological polar surface area (TPSA) is 91.8 Å². The van der Waals surface area contributed by atoms with Gasteiger partial charge in [-0.3, -0.25) is 9.10 Å². The van der Waals surface area contributed by atoms with E-state index >= 15 is 0 Å². The lowest BCUT2D eigenvalue weighted by atomic mass is 10.0. The Morgan fingerprint density at radius 2 is 1.74 bits per heavy atom. The molecule has 0 unspecified atom stereocenters. The second-order valence-electron chi connectivity index (χ2n) is 11.1. The number of likely N-dealkylation sites (tertiary alicyclic amines) is 1. The van der Waals surface area contributed by atoms with Gasteiger partial charge in [0, 0.05) is 17.8 Å². The van der Waals surface area contributed by atoms with E-state index in [4.69, 9.17) is 9.47 Å². The first-order chi connectivity index (χ1) is 21.9. The lowest BCUT2D eigenvalue weighted by Crippen LogP contribution is -2.43. The normalized spacial score (nSPS) is 14.7. The predicted molar refractivity (Wildman–Crippen MR) is 178 cm³/mol. The molecule has 2 N–H and O–H groups in total. The molecular weight excluding hydrogens is 617 g/mol. The number of ether oxygens (including phenoxy) is 2. The van der Waals surface area contributed by atoms with E-state index in [0.29, 0.717) is 23.2 Å². The van der Waals surface area contributed by atoms with Gasteiger partial charge in [-0.15, -0.1) is 0 Å². The number of alkyl halides is 3. The fraction of sp³-hybridized carbons (Fsp3) is 0.485. The van der Waals surface area contributed by atoms with Crippen LogP contribution in [0, 0.1) is 0 Å². The zero-order valence-corrected chi connectivity index (χ0v) is 28.2. The fourth-order valence-corrected chi connectivity index (χ4v) is 4.86. The molecule has 0 spiro atoms. The smallest absolute Gasteiger partial charge is 0.423 e. The Hall–Kier alpha value is -3.55. The number of halogens is 3. The molecule has 1 fully saturated rings. The molecule has 0 atom stereocenters. The molecule has 1 amide bonds. The number of fused-ring (bicyclic) bond motifs is 1. The lowest BCUT2D eigenvalue weighted by Gasteiger charge is -2.29. The van der Waals surface area contributed by atoms with Gasteiger partial charge in [-0.2, -0.15) is 18.2 Å². The van der Waals surface area contributed by atoms with Gasteiger partial charge in [-0.25, -0.2) is 4.98 Å². The molecule has 1 saturated heterocycles. The van der Waals surface area contributed by atoms with Crippen LogP contribution in [0.25, 0.3) is 0 Å². The van der Waals surface area contributed by atoms with Crippen molar-refractivity contribution in [2.45, 2.75) is 51.2 Å². The van der Waals surface area contributed by atoms with Crippen LogP contribution in [-0.2, 0) is 19.0 Å². The minimum Gasteiger partial charge on any atom is -0.495 e. The molecule has 1 aliphatic heterocycles. The van der Waals surface area contributed by atoms with Crippen LogP contribution < -0.4 is 20.1 Å². The average molecular weight is 663 g/mol. The van der Waals surface area contributed by atoms with E-state index in [9.17, 15) is 18.0 Å². The van der Waals surface area contributed by atoms with E-state index in [1.807, 2.05) is 31.7 Å². The molecule has 2 aromatic carbocycles. The van der Waals surface area contributed by atoms with Crippen LogP contribution in [-0.4, -0.2) is 85.3 Å². The minimum atomic E-state index is -4.64. The van der Waals surface area contributed by atoms with Gasteiger partial charge in [0.1, 0.15) is 11.3 Å². The first-order valence-electron chi connectivity index (χ1n) is 15.2. The molecule has 5 rings (SSSR count). The number of amides is 1. The summed E-state index contributed by atoms with van der Waals surface area (Å²) in [6, 6.07) is 13.6. The maximum Gasteiger partial charge on any atom is 0.423 e. The number of carbonyl (C=O) groups is 1. The Labute approximate surface area is 274 Å². The van der Waals surface area contributed by atoms with Gasteiger partial charge < -0.3 is 25.0 Å². The number of benzene rings is 2. The van der Waals surface area contributed by atoms with Crippen molar-refractivity contribution in [3.8, 4) is 11.6 Å². The zero-order chi connectivity index (χ0) is 33.7. The molecule has 252 valence electrons. The van der Waals surface area contributed by atoms with E-state index in [-0.39, 0.29) is 24.5 Å². The van der Waals surface area contributed by atoms with E-state index in [1.54, 1.807) is 48.2 Å². The summed E-state index contributed by atoms with van der Waals surface area (Å²) in [6.45, 7) is 3.43. The molecule has 1 aliphatic carbocycles. The maximum atomic E-state index is 13.1. The predicted octanol–water partition coefficient (Wildman–Crippen LogP) is 6.47. The summed E-state index contributed by atoms with van der Waals surface area (Å²) in [5.41, 5.74) is 2.88. The SMILES string of the molecule is CCOc1nc(Nc2ccc(C(=O)NC3CCN(C)CC3)cc2OC)ncc1C(F)(F)F.CSN(C)C.c1ccc2c(c1)CCC2. The van der Waals surface area contributed by atoms with Crippen molar-refractivity contribution < 1.29 is 27.4 Å². The Kier molecular flexibility index (Phi) is 14.4. The third-order valence-electron chi connectivity index (χ3n) is 7.48. The standard InChI is InChI=1S/C21H26F3N5O3.C9H10.C3H9NS/c1-4-32-19-15(21(22,23)24)12-25-20(28-19)27-16-6-5-13(11-17(16)31-3)18(30)26-14-7-9-29(2)10-8-14;1-2-5-9-7-3-6-8(9)4-1;1-4(2)5-3/h5-6,11-12,14H,4,7-10H2,1-3H3,(H,26,30)(H,25,27,28);1-2,4-5H,3,6-7H2;1-3H3. The lowest BCUT2D eigenvalue weighted by molar-refractivity contribution is -0.139. The van der Waals surface area contributed by atoms with Gasteiger partial charge >= 0.3 is 6.18 Å². The number of piperidine rings is 1. The van der Waals surface area contributed by atoms with Crippen LogP contribution >= 0.6 is 11.9 Å². The van der Waals surface area contributed by atoms with Crippen LogP contribution in [0.1, 0.15) is 53.2 Å². The number of hydrogen-bond acceptors (Lipinski definition) is 9. The maximum absolute atomic E-state index is 13.1. The summed E-state index contributed by atoms with van der Waals surface area (Å²) in [7, 11) is 7.51. The van der Waals surface area contributed by atoms with Crippen molar-refractivity contribution in [3.05, 3.63) is 70.9 Å². The van der Waals surface area contributed by atoms with Crippen molar-refractivity contribution in [3.63, 3.8) is 0 Å². The number of hydrogen-bond donors (Lipinski definition) is 2. The molecule has 0 radical (unpaired) electrons. The Morgan fingerprint density at radius 3 is 2.28 bits per heavy atom. The fourth-order valence-electron chi connectivity index (χ4n) is 4.86. The molecule has 3 aromatic rings. The molecule has 0 bridgehead atoms. The quantitative estimate of drug-likeness (QED) is 0.264. The second-order valence-corrected chi connectivity index (χ2v) is 12.1. The highest BCUT2D eigenvalue weighted by Crippen LogP contribution is 2.36. The monoisotopic (exact) mass is 662 g/mol. The molecule has 9 nitrogen and oxygen atoms in total. The summed E-state index contributed by atoms with van der Waals surface area (Å²) in [6.07, 6.45) is 3.80. The molecule has 13 heteroatoms. The summed E-state index contributed by atoms with van der Waals surface area (Å²) in [4.78, 5) is 22.4. The van der Waals surface area contributed by atoms with Gasteiger partial charge in [-0.05, 0) is 109 Å². The third-order valence-corrected chi connectivity index (χ3v) is 8.21. The second kappa shape index (κ2) is 18.0. The first-order valence-corrected chi connectivity index (χ1v) is 16.4. The Balaban J connectivity index is 0.000000336. The minimum absolute atomic E-state index is 0.0178. The number of carbonyl (C=O) groups excluding carboxylic acids is 1. The summed E-state index contributed by atoms with van der Waals surface area (Å²) in [5.74, 6) is -0.551. The number of nitrogens with one attached hydrogen (secondary N) is 2. The molecule has 0 saturated carbocycles. The van der Waals surface area contributed by atoms with Crippen molar-refractivity contribution in [1.29, 1.82) is 0 Å². The van der Waals surface area contributed by atoms with Crippen molar-refractivity contribution in [2.75, 3.05) is 59.5 Å². The van der Waals surface area contributed by atoms with Gasteiger partial charge in [0.2, 0.25) is 11.8 Å². The molecule has 1 aromatic heterocycles. The number of rotatable bonds is 8. The zero-order valence-electron chi connectivity index (χ0n) is 27.4. The highest BCUT2D eigenvalue weighted by Gasteiger charge is 2.36. The highest BCUT2D eigenvalue weighted by atomic mass is 32.2. The van der Waals surface area contributed by atoms with Gasteiger partial charge in [0.05, 0.1) is 19.4 Å². The highest BCUT2D eigenvalue weighted by molar-refractivity contribution is 7.96. The summed E-state index contributed by atoms with van der Waals surface area (Å²) < 4.78 is 51.8. The Morgan fingerprint density at radius 1 is 1.11 bits per heavy atom. The number of nitrogens with zero attached hydrogens (tertiary/aromatic N) is 4. The van der Waals surface area contributed by atoms with Crippen LogP contribution in [0.15, 0.2) is 48.7 Å². The number of anilines is 2. The van der Waals surface area contributed by atoms with Crippen molar-refractivity contribution >= 4 is 29.5 Å². The largest absolute Gasteiger partial charge is 0.495 e. The Bertz CT molecular complexity index is 1380.